The molecule has 0 bridgehead atoms. The molecule has 5 nitrogen and oxygen atoms in total. The normalized spacial score (nSPS) is 23.1. The van der Waals surface area contributed by atoms with Crippen LogP contribution in [0.25, 0.3) is 0 Å². The summed E-state index contributed by atoms with van der Waals surface area (Å²) in [4.78, 5) is 8.70. The van der Waals surface area contributed by atoms with Gasteiger partial charge in [-0.15, -0.1) is 0 Å². The molecular weight excluding hydrogens is 258 g/mol. The van der Waals surface area contributed by atoms with Gasteiger partial charge in [-0.25, -0.2) is 15.8 Å². The van der Waals surface area contributed by atoms with Crippen molar-refractivity contribution in [3.63, 3.8) is 0 Å². The van der Waals surface area contributed by atoms with Gasteiger partial charge in [0.2, 0.25) is 0 Å². The lowest BCUT2D eigenvalue weighted by molar-refractivity contribution is 0.300. The lowest BCUT2D eigenvalue weighted by Crippen LogP contribution is -2.21. The first-order chi connectivity index (χ1) is 9.21. The number of nitrogen functional groups attached to an aromatic ring is 1. The summed E-state index contributed by atoms with van der Waals surface area (Å²) < 4.78 is 0. The standard InChI is InChI=1S/C13H23N5S/c1-9-3-5-10(6-4-9)8-15-11-7-12(18-14)17-13(16-11)19-2/h7,9-10H,3-6,8,14H2,1-2H3,(H2,15,16,17,18). The highest BCUT2D eigenvalue weighted by atomic mass is 32.2. The summed E-state index contributed by atoms with van der Waals surface area (Å²) in [5.41, 5.74) is 2.58. The first-order valence-corrected chi connectivity index (χ1v) is 8.07. The number of aromatic nitrogens is 2. The Balaban J connectivity index is 1.91. The number of hydrogen-bond donors (Lipinski definition) is 3. The minimum Gasteiger partial charge on any atom is -0.370 e. The quantitative estimate of drug-likeness (QED) is 0.333. The molecule has 1 aromatic rings. The Bertz CT molecular complexity index is 382. The molecule has 0 radical (unpaired) electrons. The van der Waals surface area contributed by atoms with Crippen molar-refractivity contribution in [1.29, 1.82) is 0 Å². The second-order valence-corrected chi connectivity index (χ2v) is 6.05. The Morgan fingerprint density at radius 3 is 2.58 bits per heavy atom. The summed E-state index contributed by atoms with van der Waals surface area (Å²) in [6.07, 6.45) is 7.29. The van der Waals surface area contributed by atoms with Crippen LogP contribution < -0.4 is 16.6 Å². The fourth-order valence-corrected chi connectivity index (χ4v) is 2.84. The molecule has 0 saturated heterocycles. The van der Waals surface area contributed by atoms with E-state index in [0.717, 1.165) is 29.4 Å². The average molecular weight is 281 g/mol. The lowest BCUT2D eigenvalue weighted by Gasteiger charge is -2.26. The van der Waals surface area contributed by atoms with Crippen molar-refractivity contribution in [2.24, 2.45) is 17.7 Å². The first-order valence-electron chi connectivity index (χ1n) is 6.84. The highest BCUT2D eigenvalue weighted by molar-refractivity contribution is 7.98. The summed E-state index contributed by atoms with van der Waals surface area (Å²) in [6.45, 7) is 3.33. The van der Waals surface area contributed by atoms with Gasteiger partial charge < -0.3 is 10.7 Å². The molecule has 0 aromatic carbocycles. The predicted molar refractivity (Wildman–Crippen MR) is 81.2 cm³/mol. The van der Waals surface area contributed by atoms with Gasteiger partial charge in [-0.1, -0.05) is 31.5 Å². The molecule has 1 aliphatic carbocycles. The fourth-order valence-electron chi connectivity index (χ4n) is 2.46. The number of nitrogens with two attached hydrogens (primary N) is 1. The summed E-state index contributed by atoms with van der Waals surface area (Å²) in [7, 11) is 0. The zero-order valence-corrected chi connectivity index (χ0v) is 12.5. The van der Waals surface area contributed by atoms with Crippen LogP contribution >= 0.6 is 11.8 Å². The molecule has 1 aliphatic rings. The van der Waals surface area contributed by atoms with Crippen LogP contribution in [0.3, 0.4) is 0 Å². The molecule has 1 saturated carbocycles. The first kappa shape index (κ1) is 14.4. The number of hydrogen-bond acceptors (Lipinski definition) is 6. The zero-order chi connectivity index (χ0) is 13.7. The van der Waals surface area contributed by atoms with Crippen LogP contribution in [-0.2, 0) is 0 Å². The maximum absolute atomic E-state index is 5.42. The van der Waals surface area contributed by atoms with Gasteiger partial charge in [0.15, 0.2) is 5.16 Å². The molecule has 4 N–H and O–H groups in total. The Labute approximate surface area is 119 Å². The molecule has 0 spiro atoms. The van der Waals surface area contributed by atoms with Gasteiger partial charge in [-0.05, 0) is 30.9 Å². The van der Waals surface area contributed by atoms with E-state index < -0.39 is 0 Å². The third-order valence-corrected chi connectivity index (χ3v) is 4.29. The summed E-state index contributed by atoms with van der Waals surface area (Å²) >= 11 is 1.52. The molecule has 0 amide bonds. The van der Waals surface area contributed by atoms with E-state index in [9.17, 15) is 0 Å². The van der Waals surface area contributed by atoms with Crippen LogP contribution in [0.1, 0.15) is 32.6 Å². The van der Waals surface area contributed by atoms with Crippen molar-refractivity contribution in [3.05, 3.63) is 6.07 Å². The number of nitrogens with zero attached hydrogens (tertiary/aromatic N) is 2. The van der Waals surface area contributed by atoms with E-state index >= 15 is 0 Å². The maximum Gasteiger partial charge on any atom is 0.191 e. The topological polar surface area (TPSA) is 75.9 Å². The SMILES string of the molecule is CSc1nc(NN)cc(NCC2CCC(C)CC2)n1. The number of anilines is 2. The van der Waals surface area contributed by atoms with Gasteiger partial charge in [-0.2, -0.15) is 0 Å². The third kappa shape index (κ3) is 4.24. The number of nitrogens with one attached hydrogen (secondary N) is 2. The van der Waals surface area contributed by atoms with Crippen LogP contribution in [0.15, 0.2) is 11.2 Å². The maximum atomic E-state index is 5.42. The molecule has 0 aliphatic heterocycles. The number of hydrazine groups is 1. The Morgan fingerprint density at radius 1 is 1.26 bits per heavy atom. The molecule has 0 atom stereocenters. The fraction of sp³-hybridized carbons (Fsp3) is 0.692. The minimum absolute atomic E-state index is 0.652. The summed E-state index contributed by atoms with van der Waals surface area (Å²) in [5.74, 6) is 8.58. The van der Waals surface area contributed by atoms with Crippen molar-refractivity contribution in [3.8, 4) is 0 Å². The smallest absolute Gasteiger partial charge is 0.191 e. The largest absolute Gasteiger partial charge is 0.370 e. The van der Waals surface area contributed by atoms with E-state index in [1.165, 1.54) is 37.4 Å². The molecule has 106 valence electrons. The second-order valence-electron chi connectivity index (χ2n) is 5.28. The molecule has 1 heterocycles. The summed E-state index contributed by atoms with van der Waals surface area (Å²) in [5, 5.41) is 4.15. The predicted octanol–water partition coefficient (Wildman–Crippen LogP) is 2.72. The molecule has 2 rings (SSSR count). The number of thioether (sulfide) groups is 1. The average Bonchev–Trinajstić information content (AvgIpc) is 2.46. The monoisotopic (exact) mass is 281 g/mol. The van der Waals surface area contributed by atoms with E-state index in [1.54, 1.807) is 0 Å². The molecule has 19 heavy (non-hydrogen) atoms. The van der Waals surface area contributed by atoms with Gasteiger partial charge in [0.1, 0.15) is 11.6 Å². The van der Waals surface area contributed by atoms with Crippen molar-refractivity contribution >= 4 is 23.4 Å². The molecule has 1 fully saturated rings. The van der Waals surface area contributed by atoms with Gasteiger partial charge in [0.25, 0.3) is 0 Å². The van der Waals surface area contributed by atoms with Crippen molar-refractivity contribution in [1.82, 2.24) is 9.97 Å². The van der Waals surface area contributed by atoms with Gasteiger partial charge in [0.05, 0.1) is 0 Å². The van der Waals surface area contributed by atoms with Crippen LogP contribution in [0, 0.1) is 11.8 Å². The van der Waals surface area contributed by atoms with Crippen LogP contribution in [0.5, 0.6) is 0 Å². The second kappa shape index (κ2) is 6.96. The molecule has 0 unspecified atom stereocenters. The van der Waals surface area contributed by atoms with Gasteiger partial charge in [-0.3, -0.25) is 0 Å². The van der Waals surface area contributed by atoms with E-state index in [0.29, 0.717) is 5.82 Å². The third-order valence-electron chi connectivity index (χ3n) is 3.74. The molecule has 1 aromatic heterocycles. The lowest BCUT2D eigenvalue weighted by atomic mass is 9.83. The summed E-state index contributed by atoms with van der Waals surface area (Å²) in [6, 6.07) is 1.85. The van der Waals surface area contributed by atoms with Gasteiger partial charge >= 0.3 is 0 Å². The Hall–Kier alpha value is -1.01. The number of rotatable bonds is 5. The van der Waals surface area contributed by atoms with Crippen molar-refractivity contribution in [2.45, 2.75) is 37.8 Å². The highest BCUT2D eigenvalue weighted by Crippen LogP contribution is 2.28. The zero-order valence-electron chi connectivity index (χ0n) is 11.6. The highest BCUT2D eigenvalue weighted by Gasteiger charge is 2.18. The Kier molecular flexibility index (Phi) is 5.27. The van der Waals surface area contributed by atoms with E-state index in [2.05, 4.69) is 27.6 Å². The van der Waals surface area contributed by atoms with Crippen LogP contribution in [0.4, 0.5) is 11.6 Å². The van der Waals surface area contributed by atoms with Crippen LogP contribution in [0.2, 0.25) is 0 Å². The van der Waals surface area contributed by atoms with E-state index in [-0.39, 0.29) is 0 Å². The van der Waals surface area contributed by atoms with E-state index in [1.807, 2.05) is 12.3 Å². The van der Waals surface area contributed by atoms with Crippen LogP contribution in [-0.4, -0.2) is 22.8 Å². The van der Waals surface area contributed by atoms with Crippen molar-refractivity contribution < 1.29 is 0 Å². The molecular formula is C13H23N5S. The van der Waals surface area contributed by atoms with Crippen molar-refractivity contribution in [2.75, 3.05) is 23.5 Å². The van der Waals surface area contributed by atoms with E-state index in [4.69, 9.17) is 5.84 Å². The Morgan fingerprint density at radius 2 is 1.95 bits per heavy atom. The molecule has 6 heteroatoms. The van der Waals surface area contributed by atoms with Gasteiger partial charge in [0, 0.05) is 12.6 Å². The minimum atomic E-state index is 0.652.